The van der Waals surface area contributed by atoms with Crippen LogP contribution in [0.2, 0.25) is 0 Å². The molecule has 0 aliphatic heterocycles. The van der Waals surface area contributed by atoms with Gasteiger partial charge in [0.15, 0.2) is 6.10 Å². The summed E-state index contributed by atoms with van der Waals surface area (Å²) < 4.78 is 16.8. The first-order chi connectivity index (χ1) is 39.0. The summed E-state index contributed by atoms with van der Waals surface area (Å²) in [6.45, 7) is 6.19. The Morgan fingerprint density at radius 2 is 0.468 bits per heavy atom. The summed E-state index contributed by atoms with van der Waals surface area (Å²) in [5.41, 5.74) is 0. The van der Waals surface area contributed by atoms with Crippen molar-refractivity contribution in [3.8, 4) is 0 Å². The van der Waals surface area contributed by atoms with E-state index in [1.807, 2.05) is 0 Å². The number of hydrogen-bond acceptors (Lipinski definition) is 6. The molecule has 438 valence electrons. The van der Waals surface area contributed by atoms with Gasteiger partial charge in [-0.15, -0.1) is 0 Å². The van der Waals surface area contributed by atoms with Crippen LogP contribution in [0.25, 0.3) is 0 Å². The molecule has 0 rings (SSSR count). The molecule has 0 fully saturated rings. The average Bonchev–Trinajstić information content (AvgIpc) is 3.45. The van der Waals surface area contributed by atoms with Gasteiger partial charge < -0.3 is 14.2 Å². The van der Waals surface area contributed by atoms with Gasteiger partial charge in [0.05, 0.1) is 0 Å². The molecule has 0 N–H and O–H groups in total. The molecule has 0 radical (unpaired) electrons. The van der Waals surface area contributed by atoms with Crippen molar-refractivity contribution >= 4 is 17.9 Å². The lowest BCUT2D eigenvalue weighted by Gasteiger charge is -2.18. The van der Waals surface area contributed by atoms with Crippen molar-refractivity contribution in [2.75, 3.05) is 13.2 Å². The Kier molecular flexibility index (Phi) is 60.1. The number of carbonyl (C=O) groups excluding carboxylic acids is 3. The summed E-state index contributed by atoms with van der Waals surface area (Å²) in [7, 11) is 0. The van der Waals surface area contributed by atoms with E-state index in [1.54, 1.807) is 0 Å². The number of rotatable bonds is 53. The van der Waals surface area contributed by atoms with E-state index in [4.69, 9.17) is 14.2 Å². The first kappa shape index (κ1) is 73.2. The van der Waals surface area contributed by atoms with Crippen LogP contribution in [0.3, 0.4) is 0 Å². The van der Waals surface area contributed by atoms with E-state index in [0.717, 1.165) is 167 Å². The maximum Gasteiger partial charge on any atom is 0.306 e. The van der Waals surface area contributed by atoms with E-state index in [0.29, 0.717) is 19.3 Å². The Bertz CT molecular complexity index is 1920. The van der Waals surface area contributed by atoms with Crippen molar-refractivity contribution in [1.29, 1.82) is 0 Å². The largest absolute Gasteiger partial charge is 0.462 e. The maximum atomic E-state index is 12.9. The summed E-state index contributed by atoms with van der Waals surface area (Å²) >= 11 is 0. The molecule has 0 amide bonds. The van der Waals surface area contributed by atoms with E-state index >= 15 is 0 Å². The highest BCUT2D eigenvalue weighted by molar-refractivity contribution is 5.71. The van der Waals surface area contributed by atoms with Crippen LogP contribution in [0.15, 0.2) is 194 Å². The zero-order valence-electron chi connectivity index (χ0n) is 50.0. The van der Waals surface area contributed by atoms with Crippen molar-refractivity contribution in [2.24, 2.45) is 0 Å². The number of ether oxygens (including phenoxy) is 3. The van der Waals surface area contributed by atoms with E-state index < -0.39 is 6.10 Å². The molecule has 0 bridgehead atoms. The fourth-order valence-corrected chi connectivity index (χ4v) is 7.57. The molecule has 6 nitrogen and oxygen atoms in total. The van der Waals surface area contributed by atoms with Crippen LogP contribution in [0.4, 0.5) is 0 Å². The number of allylic oxidation sites excluding steroid dienone is 32. The Morgan fingerprint density at radius 3 is 0.759 bits per heavy atom. The van der Waals surface area contributed by atoms with E-state index in [2.05, 4.69) is 215 Å². The molecular weight excluding hydrogens is 973 g/mol. The molecule has 0 spiro atoms. The second kappa shape index (κ2) is 64.8. The molecule has 1 atom stereocenters. The first-order valence-corrected chi connectivity index (χ1v) is 30.9. The van der Waals surface area contributed by atoms with Crippen LogP contribution < -0.4 is 0 Å². The van der Waals surface area contributed by atoms with Gasteiger partial charge in [-0.1, -0.05) is 247 Å². The second-order valence-corrected chi connectivity index (χ2v) is 19.5. The van der Waals surface area contributed by atoms with Gasteiger partial charge in [-0.2, -0.15) is 0 Å². The molecule has 0 aromatic carbocycles. The van der Waals surface area contributed by atoms with Crippen LogP contribution in [0, 0.1) is 0 Å². The van der Waals surface area contributed by atoms with E-state index in [9.17, 15) is 14.4 Å². The molecule has 0 saturated carbocycles. The molecule has 0 aromatic rings. The van der Waals surface area contributed by atoms with Gasteiger partial charge in [0.1, 0.15) is 13.2 Å². The highest BCUT2D eigenvalue weighted by Crippen LogP contribution is 2.12. The van der Waals surface area contributed by atoms with Gasteiger partial charge in [0.25, 0.3) is 0 Å². The molecule has 6 heteroatoms. The Labute approximate surface area is 484 Å². The summed E-state index contributed by atoms with van der Waals surface area (Å²) in [5.74, 6) is -1.04. The lowest BCUT2D eigenvalue weighted by atomic mass is 10.1. The van der Waals surface area contributed by atoms with Gasteiger partial charge in [-0.25, -0.2) is 0 Å². The van der Waals surface area contributed by atoms with Crippen LogP contribution in [0.5, 0.6) is 0 Å². The molecule has 0 aliphatic carbocycles. The van der Waals surface area contributed by atoms with Crippen molar-refractivity contribution < 1.29 is 28.6 Å². The van der Waals surface area contributed by atoms with Gasteiger partial charge in [0.2, 0.25) is 0 Å². The third-order valence-corrected chi connectivity index (χ3v) is 12.1. The fourth-order valence-electron chi connectivity index (χ4n) is 7.57. The average molecular weight is 1080 g/mol. The van der Waals surface area contributed by atoms with Gasteiger partial charge in [0, 0.05) is 19.3 Å². The Balaban J connectivity index is 4.45. The lowest BCUT2D eigenvalue weighted by molar-refractivity contribution is -0.167. The van der Waals surface area contributed by atoms with Crippen molar-refractivity contribution in [2.45, 2.75) is 232 Å². The van der Waals surface area contributed by atoms with Crippen molar-refractivity contribution in [3.63, 3.8) is 0 Å². The topological polar surface area (TPSA) is 78.9 Å². The van der Waals surface area contributed by atoms with E-state index in [-0.39, 0.29) is 37.5 Å². The normalized spacial score (nSPS) is 13.5. The molecule has 0 saturated heterocycles. The minimum Gasteiger partial charge on any atom is -0.462 e. The maximum absolute atomic E-state index is 12.9. The van der Waals surface area contributed by atoms with Gasteiger partial charge in [-0.3, -0.25) is 14.4 Å². The number of carbonyl (C=O) groups is 3. The van der Waals surface area contributed by atoms with Crippen molar-refractivity contribution in [3.05, 3.63) is 194 Å². The van der Waals surface area contributed by atoms with Gasteiger partial charge in [-0.05, 0) is 154 Å². The predicted octanol–water partition coefficient (Wildman–Crippen LogP) is 21.4. The predicted molar refractivity (Wildman–Crippen MR) is 343 cm³/mol. The van der Waals surface area contributed by atoms with E-state index in [1.165, 1.54) is 12.8 Å². The molecule has 1 unspecified atom stereocenters. The summed E-state index contributed by atoms with van der Waals surface area (Å²) in [6, 6.07) is 0. The monoisotopic (exact) mass is 1080 g/mol. The second-order valence-electron chi connectivity index (χ2n) is 19.5. The quantitative estimate of drug-likeness (QED) is 0.0261. The molecule has 0 aliphatic rings. The molecule has 0 aromatic heterocycles. The Morgan fingerprint density at radius 1 is 0.253 bits per heavy atom. The summed E-state index contributed by atoms with van der Waals surface area (Å²) in [4.78, 5) is 38.2. The number of esters is 3. The minimum atomic E-state index is -0.839. The van der Waals surface area contributed by atoms with Gasteiger partial charge >= 0.3 is 17.9 Å². The SMILES string of the molecule is CC/C=C\C/C=C\C/C=C\C/C=C\C/C=C\C/C=C\C/C=C\C/C=C\CCCCCCCCC(=O)OCC(COC(=O)CCCCC/C=C\C/C=C\C/C=C\CC)OC(=O)CCC/C=C\C/C=C\C/C=C\C/C=C\C/C=C\CC. The number of unbranched alkanes of at least 4 members (excludes halogenated alkanes) is 10. The minimum absolute atomic E-state index is 0.129. The standard InChI is InChI=1S/C73H110O6/c1-4-7-10-13-16-19-22-25-27-29-30-31-32-33-34-35-36-37-38-39-40-41-42-44-45-48-51-54-57-60-63-66-72(75)78-69-70(68-77-71(74)65-62-59-56-53-50-47-24-21-18-15-12-9-6-3)79-73(76)67-64-61-58-55-52-49-46-43-28-26-23-20-17-14-11-8-5-2/h7-12,16-21,25-28,30-31,33-34,36-37,39-40,42,44,46-47,49-50,55,58,70H,4-6,13-15,22-24,29,32,35,38,41,43,45,48,51-54,56-57,59-69H2,1-3H3/b10-7-,11-8-,12-9-,19-16-,20-17-,21-18-,27-25-,28-26-,31-30-,34-33-,37-36-,40-39-,44-42-,49-46-,50-47-,58-55-. The van der Waals surface area contributed by atoms with Crippen molar-refractivity contribution in [1.82, 2.24) is 0 Å². The summed E-state index contributed by atoms with van der Waals surface area (Å²) in [6.07, 6.45) is 98.7. The molecule has 79 heavy (non-hydrogen) atoms. The Hall–Kier alpha value is -5.75. The molecular formula is C73H110O6. The lowest BCUT2D eigenvalue weighted by Crippen LogP contribution is -2.30. The zero-order valence-corrected chi connectivity index (χ0v) is 50.0. The summed E-state index contributed by atoms with van der Waals surface area (Å²) in [5, 5.41) is 0. The third kappa shape index (κ3) is 63.0. The van der Waals surface area contributed by atoms with Crippen LogP contribution in [-0.2, 0) is 28.6 Å². The number of hydrogen-bond donors (Lipinski definition) is 0. The van der Waals surface area contributed by atoms with Crippen LogP contribution in [-0.4, -0.2) is 37.2 Å². The molecule has 0 heterocycles. The highest BCUT2D eigenvalue weighted by atomic mass is 16.6. The first-order valence-electron chi connectivity index (χ1n) is 30.9. The van der Waals surface area contributed by atoms with Crippen LogP contribution >= 0.6 is 0 Å². The fraction of sp³-hybridized carbons (Fsp3) is 0.521. The highest BCUT2D eigenvalue weighted by Gasteiger charge is 2.19. The third-order valence-electron chi connectivity index (χ3n) is 12.1. The van der Waals surface area contributed by atoms with Crippen LogP contribution in [0.1, 0.15) is 226 Å². The zero-order chi connectivity index (χ0) is 57.1. The smallest absolute Gasteiger partial charge is 0.306 e.